The summed E-state index contributed by atoms with van der Waals surface area (Å²) in [5.41, 5.74) is 4.12. The molecule has 8 nitrogen and oxygen atoms in total. The van der Waals surface area contributed by atoms with Gasteiger partial charge in [-0.25, -0.2) is 0 Å². The molecule has 0 unspecified atom stereocenters. The first kappa shape index (κ1) is 23.9. The summed E-state index contributed by atoms with van der Waals surface area (Å²) in [5.74, 6) is 0.668. The smallest absolute Gasteiger partial charge is 0.322 e. The lowest BCUT2D eigenvalue weighted by Crippen LogP contribution is -2.55. The van der Waals surface area contributed by atoms with Crippen LogP contribution in [0.15, 0.2) is 36.4 Å². The number of fused-ring (bicyclic) bond motifs is 3. The van der Waals surface area contributed by atoms with Crippen LogP contribution in [0, 0.1) is 5.92 Å². The van der Waals surface area contributed by atoms with E-state index in [9.17, 15) is 9.90 Å². The predicted octanol–water partition coefficient (Wildman–Crippen LogP) is 3.63. The molecule has 1 aliphatic heterocycles. The number of H-pyrrole nitrogens is 1. The van der Waals surface area contributed by atoms with Crippen LogP contribution in [0.3, 0.4) is 0 Å². The second-order valence-corrected chi connectivity index (χ2v) is 9.07. The van der Waals surface area contributed by atoms with E-state index in [1.807, 2.05) is 12.1 Å². The zero-order chi connectivity index (χ0) is 24.4. The molecule has 0 spiro atoms. The highest BCUT2D eigenvalue weighted by Gasteiger charge is 2.34. The van der Waals surface area contributed by atoms with E-state index in [2.05, 4.69) is 41.6 Å². The van der Waals surface area contributed by atoms with Crippen LogP contribution in [0.1, 0.15) is 43.1 Å². The van der Waals surface area contributed by atoms with Gasteiger partial charge in [0.15, 0.2) is 11.5 Å². The average Bonchev–Trinajstić information content (AvgIpc) is 3.21. The summed E-state index contributed by atoms with van der Waals surface area (Å²) in [6, 6.07) is 11.1. The molecule has 0 saturated heterocycles. The van der Waals surface area contributed by atoms with Gasteiger partial charge in [-0.3, -0.25) is 15.4 Å². The van der Waals surface area contributed by atoms with Crippen LogP contribution in [0.2, 0.25) is 0 Å². The second kappa shape index (κ2) is 9.95. The number of hydrogen-bond donors (Lipinski definition) is 4. The number of esters is 1. The van der Waals surface area contributed by atoms with Gasteiger partial charge in [-0.2, -0.15) is 0 Å². The molecule has 0 saturated carbocycles. The number of nitrogens with one attached hydrogen (secondary N) is 3. The molecule has 2 heterocycles. The summed E-state index contributed by atoms with van der Waals surface area (Å²) in [7, 11) is 4.44. The van der Waals surface area contributed by atoms with Crippen LogP contribution in [0.4, 0.5) is 0 Å². The maximum Gasteiger partial charge on any atom is 0.322 e. The predicted molar refractivity (Wildman–Crippen MR) is 130 cm³/mol. The van der Waals surface area contributed by atoms with Gasteiger partial charge in [0.2, 0.25) is 5.75 Å². The summed E-state index contributed by atoms with van der Waals surface area (Å²) in [5, 5.41) is 18.7. The number of benzene rings is 2. The van der Waals surface area contributed by atoms with Crippen molar-refractivity contribution in [2.75, 3.05) is 21.3 Å². The molecule has 4 rings (SSSR count). The van der Waals surface area contributed by atoms with Gasteiger partial charge in [-0.05, 0) is 41.7 Å². The van der Waals surface area contributed by atoms with Crippen molar-refractivity contribution in [2.45, 2.75) is 44.9 Å². The minimum atomic E-state index is -0.432. The Labute approximate surface area is 199 Å². The number of aromatic amines is 1. The molecule has 8 heteroatoms. The van der Waals surface area contributed by atoms with Crippen LogP contribution in [0.25, 0.3) is 10.9 Å². The van der Waals surface area contributed by atoms with Crippen molar-refractivity contribution in [3.05, 3.63) is 53.2 Å². The van der Waals surface area contributed by atoms with Crippen molar-refractivity contribution in [1.29, 1.82) is 0 Å². The first-order valence-corrected chi connectivity index (χ1v) is 11.5. The number of para-hydroxylation sites is 1. The molecule has 0 amide bonds. The van der Waals surface area contributed by atoms with E-state index in [-0.39, 0.29) is 23.9 Å². The van der Waals surface area contributed by atoms with Crippen molar-refractivity contribution >= 4 is 16.9 Å². The highest BCUT2D eigenvalue weighted by molar-refractivity contribution is 5.85. The molecule has 3 aromatic rings. The Morgan fingerprint density at radius 3 is 2.44 bits per heavy atom. The fourth-order valence-electron chi connectivity index (χ4n) is 4.77. The van der Waals surface area contributed by atoms with Crippen molar-refractivity contribution in [3.63, 3.8) is 0 Å². The summed E-state index contributed by atoms with van der Waals surface area (Å²) < 4.78 is 15.9. The van der Waals surface area contributed by atoms with Crippen molar-refractivity contribution < 1.29 is 24.1 Å². The number of ether oxygens (including phenoxy) is 3. The lowest BCUT2D eigenvalue weighted by Gasteiger charge is -2.35. The van der Waals surface area contributed by atoms with Gasteiger partial charge in [0.25, 0.3) is 0 Å². The number of aromatic hydroxyl groups is 1. The highest BCUT2D eigenvalue weighted by Crippen LogP contribution is 2.42. The quantitative estimate of drug-likeness (QED) is 0.375. The third-order valence-corrected chi connectivity index (χ3v) is 6.34. The van der Waals surface area contributed by atoms with E-state index in [0.29, 0.717) is 30.3 Å². The summed E-state index contributed by atoms with van der Waals surface area (Å²) in [6.45, 7) is 4.17. The molecule has 0 radical (unpaired) electrons. The van der Waals surface area contributed by atoms with Crippen LogP contribution in [-0.4, -0.2) is 49.6 Å². The lowest BCUT2D eigenvalue weighted by atomic mass is 9.91. The number of phenols is 1. The molecule has 0 fully saturated rings. The Hall–Kier alpha value is -3.23. The summed E-state index contributed by atoms with van der Waals surface area (Å²) in [4.78, 5) is 16.1. The van der Waals surface area contributed by atoms with Gasteiger partial charge in [-0.15, -0.1) is 0 Å². The maximum atomic E-state index is 12.5. The van der Waals surface area contributed by atoms with E-state index in [4.69, 9.17) is 14.2 Å². The minimum Gasteiger partial charge on any atom is -0.502 e. The Morgan fingerprint density at radius 1 is 1.15 bits per heavy atom. The third-order valence-electron chi connectivity index (χ3n) is 6.34. The van der Waals surface area contributed by atoms with E-state index >= 15 is 0 Å². The van der Waals surface area contributed by atoms with Gasteiger partial charge in [0, 0.05) is 23.0 Å². The van der Waals surface area contributed by atoms with Gasteiger partial charge in [0.05, 0.1) is 33.5 Å². The molecule has 2 aromatic carbocycles. The second-order valence-electron chi connectivity index (χ2n) is 9.07. The molecule has 3 atom stereocenters. The van der Waals surface area contributed by atoms with Crippen LogP contribution in [0.5, 0.6) is 17.2 Å². The van der Waals surface area contributed by atoms with Gasteiger partial charge >= 0.3 is 5.97 Å². The topological polar surface area (TPSA) is 105 Å². The molecule has 1 aliphatic rings. The number of carbonyl (C=O) groups is 1. The van der Waals surface area contributed by atoms with Gasteiger partial charge in [-0.1, -0.05) is 32.0 Å². The first-order valence-electron chi connectivity index (χ1n) is 11.5. The molecule has 182 valence electrons. The van der Waals surface area contributed by atoms with Crippen LogP contribution in [-0.2, 0) is 16.0 Å². The number of phenolic OH excluding ortho intramolecular Hbond substituents is 1. The van der Waals surface area contributed by atoms with Crippen molar-refractivity contribution in [1.82, 2.24) is 15.6 Å². The lowest BCUT2D eigenvalue weighted by molar-refractivity contribution is -0.144. The van der Waals surface area contributed by atoms with Crippen LogP contribution >= 0.6 is 0 Å². The van der Waals surface area contributed by atoms with Crippen molar-refractivity contribution in [2.24, 2.45) is 5.92 Å². The molecule has 0 bridgehead atoms. The summed E-state index contributed by atoms with van der Waals surface area (Å²) >= 11 is 0. The molecule has 34 heavy (non-hydrogen) atoms. The SMILES string of the molecule is COC(=O)[C@@H](CC(C)C)N[C@@H]1Cc2c([nH]c3ccccc23)[C@@H](c2cc(OC)c(O)c(OC)c2)N1. The molecule has 1 aromatic heterocycles. The molecule has 0 aliphatic carbocycles. The number of carbonyl (C=O) groups excluding carboxylic acids is 1. The van der Waals surface area contributed by atoms with Gasteiger partial charge in [0.1, 0.15) is 6.04 Å². The van der Waals surface area contributed by atoms with E-state index in [1.54, 1.807) is 12.1 Å². The zero-order valence-corrected chi connectivity index (χ0v) is 20.3. The standard InChI is InChI=1S/C26H33N3O5/c1-14(2)10-19(26(31)34-5)27-22-13-17-16-8-6-7-9-18(16)28-24(17)23(29-22)15-11-20(32-3)25(30)21(12-15)33-4/h6-9,11-12,14,19,22-23,27-30H,10,13H2,1-5H3/t19-,22+,23-/m1/s1. The number of rotatable bonds is 8. The van der Waals surface area contributed by atoms with Gasteiger partial charge < -0.3 is 24.3 Å². The van der Waals surface area contributed by atoms with E-state index in [0.717, 1.165) is 22.2 Å². The highest BCUT2D eigenvalue weighted by atomic mass is 16.5. The van der Waals surface area contributed by atoms with Crippen LogP contribution < -0.4 is 20.1 Å². The largest absolute Gasteiger partial charge is 0.502 e. The Balaban J connectivity index is 1.78. The summed E-state index contributed by atoms with van der Waals surface area (Å²) in [6.07, 6.45) is 1.16. The minimum absolute atomic E-state index is 0.0428. The molecule has 4 N–H and O–H groups in total. The zero-order valence-electron chi connectivity index (χ0n) is 20.3. The molecular weight excluding hydrogens is 434 g/mol. The monoisotopic (exact) mass is 467 g/mol. The molecular formula is C26H33N3O5. The Kier molecular flexibility index (Phi) is 7.00. The van der Waals surface area contributed by atoms with E-state index in [1.165, 1.54) is 26.9 Å². The Bertz CT molecular complexity index is 1150. The Morgan fingerprint density at radius 2 is 1.82 bits per heavy atom. The first-order chi connectivity index (χ1) is 16.4. The van der Waals surface area contributed by atoms with E-state index < -0.39 is 6.04 Å². The fourth-order valence-corrected chi connectivity index (χ4v) is 4.77. The number of methoxy groups -OCH3 is 3. The average molecular weight is 468 g/mol. The maximum absolute atomic E-state index is 12.5. The fraction of sp³-hybridized carbons (Fsp3) is 0.423. The third kappa shape index (κ3) is 4.56. The normalized spacial score (nSPS) is 18.5. The van der Waals surface area contributed by atoms with Crippen molar-refractivity contribution in [3.8, 4) is 17.2 Å². The number of aromatic nitrogens is 1. The number of hydrogen-bond acceptors (Lipinski definition) is 7.